The Bertz CT molecular complexity index is 2000. The fourth-order valence-electron chi connectivity index (χ4n) is 7.41. The number of hydrogen-bond acceptors (Lipinski definition) is 9. The van der Waals surface area contributed by atoms with Crippen LogP contribution in [-0.2, 0) is 20.7 Å². The van der Waals surface area contributed by atoms with E-state index in [0.717, 1.165) is 33.8 Å². The molecule has 266 valence electrons. The van der Waals surface area contributed by atoms with Gasteiger partial charge in [-0.05, 0) is 74.6 Å². The van der Waals surface area contributed by atoms with Crippen LogP contribution in [0.1, 0.15) is 62.3 Å². The number of fused-ring (bicyclic) bond motifs is 1. The molecule has 0 saturated carbocycles. The van der Waals surface area contributed by atoms with E-state index in [4.69, 9.17) is 9.15 Å². The van der Waals surface area contributed by atoms with Crippen LogP contribution in [0.2, 0.25) is 0 Å². The second-order valence-corrected chi connectivity index (χ2v) is 13.5. The molecule has 0 bridgehead atoms. The highest BCUT2D eigenvalue weighted by Crippen LogP contribution is 2.38. The minimum atomic E-state index is -1.10. The van der Waals surface area contributed by atoms with Crippen LogP contribution >= 0.6 is 0 Å². The van der Waals surface area contributed by atoms with Gasteiger partial charge in [-0.15, -0.1) is 5.10 Å². The number of amides is 1. The van der Waals surface area contributed by atoms with E-state index >= 15 is 4.39 Å². The number of aromatic nitrogens is 4. The number of carbonyl (C=O) groups is 2. The SMILES string of the molecule is CCNc1nnc(-c2ccc(C3=CCC(C(=O)CN4CCC(OC)(C(=O)NC5=CCc6[nH]nc(-c7ccc(F)cc7)c6C5C)C4)CC3)c(F)c2)o1. The lowest BCUT2D eigenvalue weighted by Crippen LogP contribution is -2.51. The van der Waals surface area contributed by atoms with E-state index in [-0.39, 0.29) is 53.6 Å². The Labute approximate surface area is 294 Å². The predicted octanol–water partition coefficient (Wildman–Crippen LogP) is 6.04. The van der Waals surface area contributed by atoms with Crippen molar-refractivity contribution in [2.75, 3.05) is 38.6 Å². The number of benzene rings is 2. The molecule has 3 atom stereocenters. The van der Waals surface area contributed by atoms with Crippen molar-refractivity contribution in [1.29, 1.82) is 0 Å². The Kier molecular flexibility index (Phi) is 9.67. The van der Waals surface area contributed by atoms with Gasteiger partial charge in [0.05, 0.1) is 12.2 Å². The molecule has 3 unspecified atom stereocenters. The van der Waals surface area contributed by atoms with Crippen molar-refractivity contribution in [3.8, 4) is 22.7 Å². The van der Waals surface area contributed by atoms with Gasteiger partial charge in [0.15, 0.2) is 5.60 Å². The van der Waals surface area contributed by atoms with E-state index in [1.807, 2.05) is 30.9 Å². The highest BCUT2D eigenvalue weighted by atomic mass is 19.1. The Morgan fingerprint density at radius 1 is 1.12 bits per heavy atom. The normalized spacial score (nSPS) is 21.9. The van der Waals surface area contributed by atoms with Crippen LogP contribution in [0.5, 0.6) is 0 Å². The zero-order valence-electron chi connectivity index (χ0n) is 28.9. The van der Waals surface area contributed by atoms with Gasteiger partial charge < -0.3 is 19.8 Å². The molecule has 3 heterocycles. The first-order valence-corrected chi connectivity index (χ1v) is 17.4. The third-order valence-electron chi connectivity index (χ3n) is 10.4. The van der Waals surface area contributed by atoms with Gasteiger partial charge >= 0.3 is 6.01 Å². The van der Waals surface area contributed by atoms with E-state index in [1.165, 1.54) is 25.3 Å². The lowest BCUT2D eigenvalue weighted by Gasteiger charge is -2.30. The average molecular weight is 698 g/mol. The zero-order chi connectivity index (χ0) is 35.7. The number of halogens is 2. The smallest absolute Gasteiger partial charge is 0.315 e. The van der Waals surface area contributed by atoms with Crippen LogP contribution in [0.25, 0.3) is 28.3 Å². The van der Waals surface area contributed by atoms with Crippen LogP contribution in [0.4, 0.5) is 14.8 Å². The van der Waals surface area contributed by atoms with Crippen molar-refractivity contribution in [2.24, 2.45) is 5.92 Å². The number of H-pyrrole nitrogens is 1. The molecular formula is C38H41F2N7O4. The van der Waals surface area contributed by atoms with Gasteiger partial charge in [-0.3, -0.25) is 19.6 Å². The maximum atomic E-state index is 15.2. The van der Waals surface area contributed by atoms with Crippen LogP contribution in [0.15, 0.2) is 64.7 Å². The summed E-state index contributed by atoms with van der Waals surface area (Å²) in [5, 5.41) is 21.6. The number of nitrogens with zero attached hydrogens (tertiary/aromatic N) is 4. The largest absolute Gasteiger partial charge is 0.403 e. The molecule has 2 aromatic heterocycles. The van der Waals surface area contributed by atoms with Gasteiger partial charge in [0.25, 0.3) is 5.91 Å². The summed E-state index contributed by atoms with van der Waals surface area (Å²) in [7, 11) is 1.53. The maximum absolute atomic E-state index is 15.2. The number of carbonyl (C=O) groups excluding carboxylic acids is 2. The summed E-state index contributed by atoms with van der Waals surface area (Å²) in [4.78, 5) is 29.2. The van der Waals surface area contributed by atoms with Gasteiger partial charge in [-0.1, -0.05) is 30.2 Å². The van der Waals surface area contributed by atoms with Gasteiger partial charge in [0.2, 0.25) is 5.89 Å². The number of hydrogen-bond donors (Lipinski definition) is 3. The van der Waals surface area contributed by atoms with Gasteiger partial charge in [0, 0.05) is 78.6 Å². The quantitative estimate of drug-likeness (QED) is 0.171. The molecule has 1 aliphatic heterocycles. The number of allylic oxidation sites excluding steroid dienone is 4. The van der Waals surface area contributed by atoms with Crippen molar-refractivity contribution in [1.82, 2.24) is 30.6 Å². The summed E-state index contributed by atoms with van der Waals surface area (Å²) < 4.78 is 40.2. The van der Waals surface area contributed by atoms with E-state index in [0.29, 0.717) is 62.9 Å². The molecule has 3 N–H and O–H groups in total. The number of anilines is 1. The van der Waals surface area contributed by atoms with E-state index in [9.17, 15) is 14.0 Å². The minimum absolute atomic E-state index is 0.103. The molecule has 1 amide bonds. The van der Waals surface area contributed by atoms with Crippen molar-refractivity contribution < 1.29 is 27.5 Å². The van der Waals surface area contributed by atoms with Crippen LogP contribution in [0.3, 0.4) is 0 Å². The second kappa shape index (κ2) is 14.3. The zero-order valence-corrected chi connectivity index (χ0v) is 28.9. The van der Waals surface area contributed by atoms with E-state index in [1.54, 1.807) is 24.3 Å². The third kappa shape index (κ3) is 6.87. The minimum Gasteiger partial charge on any atom is -0.403 e. The lowest BCUT2D eigenvalue weighted by atomic mass is 9.84. The predicted molar refractivity (Wildman–Crippen MR) is 187 cm³/mol. The Balaban J connectivity index is 0.948. The van der Waals surface area contributed by atoms with Crippen molar-refractivity contribution in [2.45, 2.75) is 57.5 Å². The monoisotopic (exact) mass is 697 g/mol. The van der Waals surface area contributed by atoms with Crippen LogP contribution in [-0.4, -0.2) is 75.9 Å². The fraction of sp³-hybridized carbons (Fsp3) is 0.395. The van der Waals surface area contributed by atoms with Gasteiger partial charge in [0.1, 0.15) is 17.4 Å². The summed E-state index contributed by atoms with van der Waals surface area (Å²) in [6.07, 6.45) is 6.68. The molecule has 2 aliphatic carbocycles. The molecule has 1 saturated heterocycles. The molecule has 4 aromatic rings. The van der Waals surface area contributed by atoms with Gasteiger partial charge in [-0.2, -0.15) is 5.10 Å². The Hall–Kier alpha value is -5.01. The maximum Gasteiger partial charge on any atom is 0.315 e. The fourth-order valence-corrected chi connectivity index (χ4v) is 7.41. The van der Waals surface area contributed by atoms with Crippen molar-refractivity contribution >= 4 is 23.3 Å². The number of ether oxygens (including phenoxy) is 1. The van der Waals surface area contributed by atoms with Crippen LogP contribution in [0, 0.1) is 17.6 Å². The molecule has 51 heavy (non-hydrogen) atoms. The summed E-state index contributed by atoms with van der Waals surface area (Å²) >= 11 is 0. The summed E-state index contributed by atoms with van der Waals surface area (Å²) in [5.74, 6) is -0.950. The molecular weight excluding hydrogens is 656 g/mol. The molecule has 2 aromatic carbocycles. The second-order valence-electron chi connectivity index (χ2n) is 13.5. The third-order valence-corrected chi connectivity index (χ3v) is 10.4. The summed E-state index contributed by atoms with van der Waals surface area (Å²) in [6, 6.07) is 11.4. The highest BCUT2D eigenvalue weighted by molar-refractivity contribution is 5.89. The molecule has 7 rings (SSSR count). The Morgan fingerprint density at radius 2 is 1.92 bits per heavy atom. The average Bonchev–Trinajstić information content (AvgIpc) is 3.90. The lowest BCUT2D eigenvalue weighted by molar-refractivity contribution is -0.141. The number of likely N-dealkylation sites (tertiary alicyclic amines) is 1. The molecule has 0 radical (unpaired) electrons. The van der Waals surface area contributed by atoms with Crippen molar-refractivity contribution in [3.05, 3.63) is 88.8 Å². The molecule has 1 fully saturated rings. The molecule has 3 aliphatic rings. The number of methoxy groups -OCH3 is 1. The summed E-state index contributed by atoms with van der Waals surface area (Å²) in [5.41, 5.74) is 4.98. The number of Topliss-reactive ketones (excluding diaryl/α,β-unsaturated/α-hetero) is 1. The standard InChI is InChI=1S/C38H41F2N7O4/c1-4-41-37-46-45-35(51-37)26-11-14-28(29(40)19-26)23-5-7-24(8-6-23)32(48)20-47-18-17-38(21-47,50-3)36(49)42-30-15-16-31-33(22(30)2)34(44-43-31)25-9-12-27(39)13-10-25/h5,9-15,19,22,24H,4,6-8,16-18,20-21H2,1-3H3,(H,41,46)(H,42,49)(H,43,44). The highest BCUT2D eigenvalue weighted by Gasteiger charge is 2.46. The van der Waals surface area contributed by atoms with E-state index in [2.05, 4.69) is 31.0 Å². The number of nitrogens with one attached hydrogen (secondary N) is 3. The molecule has 0 spiro atoms. The Morgan fingerprint density at radius 3 is 2.65 bits per heavy atom. The molecule has 11 nitrogen and oxygen atoms in total. The first-order chi connectivity index (χ1) is 24.7. The number of rotatable bonds is 11. The first kappa shape index (κ1) is 34.4. The van der Waals surface area contributed by atoms with Gasteiger partial charge in [-0.25, -0.2) is 8.78 Å². The number of aromatic amines is 1. The van der Waals surface area contributed by atoms with Crippen LogP contribution < -0.4 is 10.6 Å². The molecule has 13 heteroatoms. The van der Waals surface area contributed by atoms with Crippen molar-refractivity contribution in [3.63, 3.8) is 0 Å². The number of ketones is 1. The first-order valence-electron chi connectivity index (χ1n) is 17.4. The topological polar surface area (TPSA) is 138 Å². The van der Waals surface area contributed by atoms with E-state index < -0.39 is 5.60 Å². The summed E-state index contributed by atoms with van der Waals surface area (Å²) in [6.45, 7) is 5.61.